The summed E-state index contributed by atoms with van der Waals surface area (Å²) in [6.45, 7) is 9.56. The van der Waals surface area contributed by atoms with E-state index in [9.17, 15) is 9.59 Å². The van der Waals surface area contributed by atoms with Crippen molar-refractivity contribution in [1.82, 2.24) is 21.3 Å². The van der Waals surface area contributed by atoms with Crippen LogP contribution in [0, 0.1) is 11.8 Å². The van der Waals surface area contributed by atoms with Gasteiger partial charge in [0.1, 0.15) is 0 Å². The molecule has 0 aromatic rings. The van der Waals surface area contributed by atoms with Crippen molar-refractivity contribution >= 4 is 12.1 Å². The first kappa shape index (κ1) is 18.6. The van der Waals surface area contributed by atoms with Crippen LogP contribution in [0.4, 0.5) is 9.59 Å². The topological polar surface area (TPSA) is 82.3 Å². The van der Waals surface area contributed by atoms with Crippen molar-refractivity contribution in [3.8, 4) is 0 Å². The van der Waals surface area contributed by atoms with Crippen molar-refractivity contribution in [2.45, 2.75) is 65.5 Å². The molecule has 0 aromatic carbocycles. The summed E-state index contributed by atoms with van der Waals surface area (Å²) in [6.07, 6.45) is 3.98. The molecular formula is C16H32N4O2. The van der Waals surface area contributed by atoms with Gasteiger partial charge in [0.2, 0.25) is 0 Å². The number of hydrogen-bond donors (Lipinski definition) is 4. The zero-order valence-electron chi connectivity index (χ0n) is 14.4. The van der Waals surface area contributed by atoms with Crippen LogP contribution in [0.15, 0.2) is 0 Å². The van der Waals surface area contributed by atoms with Crippen LogP contribution in [0.5, 0.6) is 0 Å². The minimum atomic E-state index is -0.144. The summed E-state index contributed by atoms with van der Waals surface area (Å²) < 4.78 is 0. The number of amides is 4. The van der Waals surface area contributed by atoms with Crippen molar-refractivity contribution in [2.24, 2.45) is 11.8 Å². The molecule has 4 N–H and O–H groups in total. The summed E-state index contributed by atoms with van der Waals surface area (Å²) in [5.74, 6) is 0.848. The summed E-state index contributed by atoms with van der Waals surface area (Å²) in [7, 11) is 0. The minimum Gasteiger partial charge on any atom is -0.338 e. The zero-order chi connectivity index (χ0) is 16.5. The van der Waals surface area contributed by atoms with E-state index in [-0.39, 0.29) is 24.1 Å². The predicted molar refractivity (Wildman–Crippen MR) is 88.8 cm³/mol. The second kappa shape index (κ2) is 9.54. The molecule has 0 saturated heterocycles. The maximum Gasteiger partial charge on any atom is 0.315 e. The third-order valence-electron chi connectivity index (χ3n) is 3.74. The molecule has 0 radical (unpaired) electrons. The highest BCUT2D eigenvalue weighted by atomic mass is 16.2. The summed E-state index contributed by atoms with van der Waals surface area (Å²) in [5, 5.41) is 11.7. The molecule has 6 heteroatoms. The van der Waals surface area contributed by atoms with Gasteiger partial charge < -0.3 is 21.3 Å². The molecule has 2 atom stereocenters. The van der Waals surface area contributed by atoms with Crippen molar-refractivity contribution in [3.63, 3.8) is 0 Å². The maximum absolute atomic E-state index is 11.9. The lowest BCUT2D eigenvalue weighted by Crippen LogP contribution is -2.57. The van der Waals surface area contributed by atoms with Gasteiger partial charge in [-0.05, 0) is 24.7 Å². The minimum absolute atomic E-state index is 0.00529. The Kier molecular flexibility index (Phi) is 8.06. The van der Waals surface area contributed by atoms with Gasteiger partial charge in [0, 0.05) is 13.1 Å². The van der Waals surface area contributed by atoms with Crippen LogP contribution in [-0.4, -0.2) is 37.2 Å². The number of urea groups is 2. The van der Waals surface area contributed by atoms with Crippen LogP contribution in [-0.2, 0) is 0 Å². The lowest BCUT2D eigenvalue weighted by atomic mass is 9.90. The number of nitrogens with one attached hydrogen (secondary N) is 4. The van der Waals surface area contributed by atoms with Gasteiger partial charge in [-0.1, -0.05) is 40.5 Å². The fourth-order valence-electron chi connectivity index (χ4n) is 2.51. The Bertz CT molecular complexity index is 324. The lowest BCUT2D eigenvalue weighted by Gasteiger charge is -2.33. The second-order valence-corrected chi connectivity index (χ2v) is 6.99. The Labute approximate surface area is 134 Å². The monoisotopic (exact) mass is 312 g/mol. The van der Waals surface area contributed by atoms with Crippen LogP contribution < -0.4 is 21.3 Å². The van der Waals surface area contributed by atoms with Gasteiger partial charge >= 0.3 is 12.1 Å². The average Bonchev–Trinajstić information content (AvgIpc) is 2.45. The zero-order valence-corrected chi connectivity index (χ0v) is 14.4. The van der Waals surface area contributed by atoms with Gasteiger partial charge in [-0.15, -0.1) is 0 Å². The highest BCUT2D eigenvalue weighted by Gasteiger charge is 2.27. The van der Waals surface area contributed by atoms with E-state index in [1.54, 1.807) is 0 Å². The number of rotatable bonds is 6. The van der Waals surface area contributed by atoms with Crippen molar-refractivity contribution < 1.29 is 9.59 Å². The Hall–Kier alpha value is -1.46. The summed E-state index contributed by atoms with van der Waals surface area (Å²) >= 11 is 0. The van der Waals surface area contributed by atoms with Gasteiger partial charge in [-0.25, -0.2) is 9.59 Å². The van der Waals surface area contributed by atoms with E-state index >= 15 is 0 Å². The normalized spacial score (nSPS) is 21.5. The van der Waals surface area contributed by atoms with E-state index < -0.39 is 0 Å². The highest BCUT2D eigenvalue weighted by Crippen LogP contribution is 2.18. The van der Waals surface area contributed by atoms with E-state index in [1.807, 2.05) is 0 Å². The summed E-state index contributed by atoms with van der Waals surface area (Å²) in [4.78, 5) is 23.8. The largest absolute Gasteiger partial charge is 0.338 e. The molecule has 1 rings (SSSR count). The standard InChI is InChI=1S/C16H32N4O2/c1-11(2)9-17-15(21)19-13-7-5-6-8-14(13)20-16(22)18-10-12(3)4/h11-14H,5-10H2,1-4H3,(H2,17,19,21)(H2,18,20,22). The van der Waals surface area contributed by atoms with Crippen LogP contribution in [0.25, 0.3) is 0 Å². The second-order valence-electron chi connectivity index (χ2n) is 6.99. The molecule has 6 nitrogen and oxygen atoms in total. The van der Waals surface area contributed by atoms with Crippen molar-refractivity contribution in [1.29, 1.82) is 0 Å². The first-order chi connectivity index (χ1) is 10.4. The van der Waals surface area contributed by atoms with Crippen LogP contribution in [0.2, 0.25) is 0 Å². The molecule has 0 aliphatic heterocycles. The summed E-state index contributed by atoms with van der Waals surface area (Å²) in [6, 6.07) is -0.276. The molecule has 128 valence electrons. The highest BCUT2D eigenvalue weighted by molar-refractivity contribution is 5.76. The SMILES string of the molecule is CC(C)CNC(=O)NC1CCCCC1NC(=O)NCC(C)C. The molecule has 1 saturated carbocycles. The first-order valence-electron chi connectivity index (χ1n) is 8.47. The van der Waals surface area contributed by atoms with Gasteiger partial charge in [-0.2, -0.15) is 0 Å². The van der Waals surface area contributed by atoms with Gasteiger partial charge in [0.05, 0.1) is 12.1 Å². The molecule has 1 aliphatic carbocycles. The van der Waals surface area contributed by atoms with E-state index in [2.05, 4.69) is 49.0 Å². The van der Waals surface area contributed by atoms with Gasteiger partial charge in [0.25, 0.3) is 0 Å². The Morgan fingerprint density at radius 3 is 1.50 bits per heavy atom. The lowest BCUT2D eigenvalue weighted by molar-refractivity contribution is 0.212. The molecule has 0 bridgehead atoms. The molecule has 1 aliphatic rings. The molecule has 0 aromatic heterocycles. The number of carbonyl (C=O) groups is 2. The predicted octanol–water partition coefficient (Wildman–Crippen LogP) is 2.21. The third kappa shape index (κ3) is 7.52. The molecule has 2 unspecified atom stereocenters. The van der Waals surface area contributed by atoms with Crippen LogP contribution in [0.3, 0.4) is 0 Å². The fraction of sp³-hybridized carbons (Fsp3) is 0.875. The quantitative estimate of drug-likeness (QED) is 0.606. The first-order valence-corrected chi connectivity index (χ1v) is 8.47. The van der Waals surface area contributed by atoms with Gasteiger partial charge in [-0.3, -0.25) is 0 Å². The van der Waals surface area contributed by atoms with Crippen molar-refractivity contribution in [2.75, 3.05) is 13.1 Å². The maximum atomic E-state index is 11.9. The number of carbonyl (C=O) groups excluding carboxylic acids is 2. The van der Waals surface area contributed by atoms with Crippen molar-refractivity contribution in [3.05, 3.63) is 0 Å². The average molecular weight is 312 g/mol. The Morgan fingerprint density at radius 1 is 0.818 bits per heavy atom. The van der Waals surface area contributed by atoms with E-state index in [4.69, 9.17) is 0 Å². The molecule has 1 fully saturated rings. The van der Waals surface area contributed by atoms with Gasteiger partial charge in [0.15, 0.2) is 0 Å². The fourth-order valence-corrected chi connectivity index (χ4v) is 2.51. The molecule has 0 heterocycles. The summed E-state index contributed by atoms with van der Waals surface area (Å²) in [5.41, 5.74) is 0. The van der Waals surface area contributed by atoms with Crippen LogP contribution >= 0.6 is 0 Å². The van der Waals surface area contributed by atoms with E-state index in [0.29, 0.717) is 24.9 Å². The Morgan fingerprint density at radius 2 is 1.18 bits per heavy atom. The smallest absolute Gasteiger partial charge is 0.315 e. The van der Waals surface area contributed by atoms with Crippen LogP contribution in [0.1, 0.15) is 53.4 Å². The molecule has 4 amide bonds. The third-order valence-corrected chi connectivity index (χ3v) is 3.74. The van der Waals surface area contributed by atoms with E-state index in [0.717, 1.165) is 25.7 Å². The molecular weight excluding hydrogens is 280 g/mol. The van der Waals surface area contributed by atoms with E-state index in [1.165, 1.54) is 0 Å². The molecule has 0 spiro atoms. The number of hydrogen-bond acceptors (Lipinski definition) is 2. The molecule has 22 heavy (non-hydrogen) atoms. The Balaban J connectivity index is 2.42.